The van der Waals surface area contributed by atoms with Crippen LogP contribution in [0.5, 0.6) is 0 Å². The van der Waals surface area contributed by atoms with Gasteiger partial charge < -0.3 is 10.0 Å². The van der Waals surface area contributed by atoms with Gasteiger partial charge in [-0.1, -0.05) is 0 Å². The van der Waals surface area contributed by atoms with Gasteiger partial charge in [-0.05, 0) is 41.5 Å². The summed E-state index contributed by atoms with van der Waals surface area (Å²) in [6.07, 6.45) is -1.09. The van der Waals surface area contributed by atoms with E-state index in [4.69, 9.17) is 18.7 Å². The van der Waals surface area contributed by atoms with Crippen molar-refractivity contribution in [2.45, 2.75) is 52.7 Å². The van der Waals surface area contributed by atoms with E-state index in [-0.39, 0.29) is 13.2 Å². The van der Waals surface area contributed by atoms with Gasteiger partial charge in [0.2, 0.25) is 0 Å². The Balaban J connectivity index is 4.71. The minimum Gasteiger partial charge on any atom is -0.465 e. The Labute approximate surface area is 120 Å². The molecule has 0 aromatic carbocycles. The summed E-state index contributed by atoms with van der Waals surface area (Å²) < 4.78 is 28.5. The first-order chi connectivity index (χ1) is 8.74. The number of carbonyl (C=O) groups is 1. The number of amides is 1. The second-order valence-corrected chi connectivity index (χ2v) is 7.91. The number of phosphoric ester groups is 1. The molecule has 0 aromatic heterocycles. The average Bonchev–Trinajstić information content (AvgIpc) is 2.10. The predicted molar refractivity (Wildman–Crippen MR) is 75.9 cm³/mol. The van der Waals surface area contributed by atoms with Crippen LogP contribution < -0.4 is 0 Å². The molecule has 0 aromatic rings. The Hall–Kier alpha value is -0.620. The van der Waals surface area contributed by atoms with E-state index in [0.717, 1.165) is 4.90 Å². The molecule has 0 bridgehead atoms. The molecule has 0 radical (unpaired) electrons. The zero-order valence-electron chi connectivity index (χ0n) is 13.3. The van der Waals surface area contributed by atoms with Crippen molar-refractivity contribution >= 4 is 13.9 Å². The van der Waals surface area contributed by atoms with Crippen LogP contribution in [-0.4, -0.2) is 47.5 Å². The second-order valence-electron chi connectivity index (χ2n) is 6.39. The predicted octanol–water partition coefficient (Wildman–Crippen LogP) is 3.35. The highest BCUT2D eigenvalue weighted by Crippen LogP contribution is 2.55. The van der Waals surface area contributed by atoms with Crippen molar-refractivity contribution in [1.29, 1.82) is 0 Å². The van der Waals surface area contributed by atoms with Gasteiger partial charge in [0, 0.05) is 13.6 Å². The maximum atomic E-state index is 12.6. The summed E-state index contributed by atoms with van der Waals surface area (Å²) in [4.78, 5) is 11.7. The van der Waals surface area contributed by atoms with Crippen LogP contribution in [0, 0.1) is 0 Å². The molecule has 8 heteroatoms. The summed E-state index contributed by atoms with van der Waals surface area (Å²) >= 11 is 0. The number of nitrogens with zero attached hydrogens (tertiary/aromatic N) is 1. The minimum atomic E-state index is -3.77. The lowest BCUT2D eigenvalue weighted by molar-refractivity contribution is 0.00167. The van der Waals surface area contributed by atoms with Crippen molar-refractivity contribution in [1.82, 2.24) is 4.90 Å². The normalized spacial score (nSPS) is 13.3. The molecule has 0 atom stereocenters. The summed E-state index contributed by atoms with van der Waals surface area (Å²) in [6.45, 7) is 10.4. The van der Waals surface area contributed by atoms with Crippen molar-refractivity contribution in [2.75, 3.05) is 20.2 Å². The molecule has 0 saturated carbocycles. The lowest BCUT2D eigenvalue weighted by Crippen LogP contribution is -2.29. The molecule has 0 unspecified atom stereocenters. The SMILES string of the molecule is CN(CCOP(=O)(OC(C)(C)C)OC(C)(C)C)C(=O)O. The van der Waals surface area contributed by atoms with Crippen LogP contribution in [0.15, 0.2) is 0 Å². The average molecular weight is 311 g/mol. The molecule has 7 nitrogen and oxygen atoms in total. The fourth-order valence-electron chi connectivity index (χ4n) is 1.13. The lowest BCUT2D eigenvalue weighted by Gasteiger charge is -2.31. The van der Waals surface area contributed by atoms with E-state index in [1.54, 1.807) is 41.5 Å². The number of hydrogen-bond donors (Lipinski definition) is 1. The van der Waals surface area contributed by atoms with Crippen LogP contribution >= 0.6 is 7.82 Å². The van der Waals surface area contributed by atoms with Crippen LogP contribution in [0.25, 0.3) is 0 Å². The Kier molecular flexibility index (Phi) is 6.68. The van der Waals surface area contributed by atoms with Gasteiger partial charge >= 0.3 is 13.9 Å². The molecule has 1 N–H and O–H groups in total. The van der Waals surface area contributed by atoms with E-state index in [1.807, 2.05) is 0 Å². The summed E-state index contributed by atoms with van der Waals surface area (Å²) in [5.41, 5.74) is -1.42. The Morgan fingerprint density at radius 3 is 1.80 bits per heavy atom. The zero-order valence-corrected chi connectivity index (χ0v) is 14.2. The Morgan fingerprint density at radius 2 is 1.50 bits per heavy atom. The molecule has 0 saturated heterocycles. The number of likely N-dealkylation sites (N-methyl/N-ethyl adjacent to an activating group) is 1. The van der Waals surface area contributed by atoms with Gasteiger partial charge in [0.15, 0.2) is 0 Å². The molecule has 120 valence electrons. The summed E-state index contributed by atoms with van der Waals surface area (Å²) in [6, 6.07) is 0. The van der Waals surface area contributed by atoms with Crippen LogP contribution in [0.4, 0.5) is 4.79 Å². The third-order valence-electron chi connectivity index (χ3n) is 1.77. The van der Waals surface area contributed by atoms with Crippen LogP contribution in [0.3, 0.4) is 0 Å². The van der Waals surface area contributed by atoms with E-state index < -0.39 is 25.1 Å². The fourth-order valence-corrected chi connectivity index (χ4v) is 2.92. The van der Waals surface area contributed by atoms with E-state index >= 15 is 0 Å². The molecule has 20 heavy (non-hydrogen) atoms. The number of phosphoric acid groups is 1. The Bertz CT molecular complexity index is 351. The molecule has 0 spiro atoms. The van der Waals surface area contributed by atoms with Gasteiger partial charge in [-0.2, -0.15) is 0 Å². The lowest BCUT2D eigenvalue weighted by atomic mass is 10.2. The van der Waals surface area contributed by atoms with Crippen molar-refractivity contribution < 1.29 is 28.0 Å². The van der Waals surface area contributed by atoms with Crippen molar-refractivity contribution in [3.8, 4) is 0 Å². The smallest absolute Gasteiger partial charge is 0.465 e. The summed E-state index contributed by atoms with van der Waals surface area (Å²) in [5, 5.41) is 8.72. The topological polar surface area (TPSA) is 85.3 Å². The monoisotopic (exact) mass is 311 g/mol. The highest BCUT2D eigenvalue weighted by molar-refractivity contribution is 7.48. The Morgan fingerprint density at radius 1 is 1.10 bits per heavy atom. The standard InChI is InChI=1S/C12H26NO6P/c1-11(2,3)18-20(16,19-12(4,5)6)17-9-8-13(7)10(14)15/h8-9H2,1-7H3,(H,14,15). The first kappa shape index (κ1) is 19.4. The van der Waals surface area contributed by atoms with Crippen LogP contribution in [0.1, 0.15) is 41.5 Å². The third-order valence-corrected chi connectivity index (χ3v) is 3.82. The first-order valence-electron chi connectivity index (χ1n) is 6.34. The number of carboxylic acid groups (broad SMARTS) is 1. The zero-order chi connectivity index (χ0) is 16.2. The summed E-state index contributed by atoms with van der Waals surface area (Å²) in [5.74, 6) is 0. The van der Waals surface area contributed by atoms with E-state index in [2.05, 4.69) is 0 Å². The highest BCUT2D eigenvalue weighted by Gasteiger charge is 2.37. The fraction of sp³-hybridized carbons (Fsp3) is 0.917. The van der Waals surface area contributed by atoms with E-state index in [0.29, 0.717) is 0 Å². The van der Waals surface area contributed by atoms with E-state index in [9.17, 15) is 9.36 Å². The largest absolute Gasteiger partial charge is 0.475 e. The molecular formula is C12H26NO6P. The molecule has 1 amide bonds. The minimum absolute atomic E-state index is 0.0698. The maximum Gasteiger partial charge on any atom is 0.475 e. The molecule has 0 aliphatic rings. The molecule has 0 aliphatic heterocycles. The van der Waals surface area contributed by atoms with Crippen molar-refractivity contribution in [3.05, 3.63) is 0 Å². The van der Waals surface area contributed by atoms with Crippen LogP contribution in [-0.2, 0) is 18.1 Å². The second kappa shape index (κ2) is 6.89. The number of hydrogen-bond acceptors (Lipinski definition) is 5. The molecule has 0 rings (SSSR count). The molecule has 0 heterocycles. The van der Waals surface area contributed by atoms with Gasteiger partial charge in [-0.15, -0.1) is 0 Å². The molecule has 0 aliphatic carbocycles. The van der Waals surface area contributed by atoms with Crippen LogP contribution in [0.2, 0.25) is 0 Å². The van der Waals surface area contributed by atoms with Gasteiger partial charge in [0.1, 0.15) is 0 Å². The van der Waals surface area contributed by atoms with Gasteiger partial charge in [-0.25, -0.2) is 9.36 Å². The van der Waals surface area contributed by atoms with Gasteiger partial charge in [0.25, 0.3) is 0 Å². The quantitative estimate of drug-likeness (QED) is 0.757. The van der Waals surface area contributed by atoms with Gasteiger partial charge in [-0.3, -0.25) is 13.6 Å². The van der Waals surface area contributed by atoms with Crippen molar-refractivity contribution in [2.24, 2.45) is 0 Å². The number of rotatable bonds is 6. The first-order valence-corrected chi connectivity index (χ1v) is 7.80. The molecule has 0 fully saturated rings. The molecular weight excluding hydrogens is 285 g/mol. The van der Waals surface area contributed by atoms with Crippen molar-refractivity contribution in [3.63, 3.8) is 0 Å². The van der Waals surface area contributed by atoms with E-state index in [1.165, 1.54) is 7.05 Å². The third kappa shape index (κ3) is 9.31. The maximum absolute atomic E-state index is 12.6. The summed E-state index contributed by atoms with van der Waals surface area (Å²) in [7, 11) is -2.37. The highest BCUT2D eigenvalue weighted by atomic mass is 31.2. The van der Waals surface area contributed by atoms with Gasteiger partial charge in [0.05, 0.1) is 17.8 Å².